The number of likely N-dealkylation sites (N-methyl/N-ethyl adjacent to an activating group) is 1. The van der Waals surface area contributed by atoms with Gasteiger partial charge >= 0.3 is 6.03 Å². The number of nitrogens with zero attached hydrogens (tertiary/aromatic N) is 1. The van der Waals surface area contributed by atoms with E-state index in [-0.39, 0.29) is 11.8 Å². The van der Waals surface area contributed by atoms with Crippen LogP contribution in [-0.2, 0) is 0 Å². The summed E-state index contributed by atoms with van der Waals surface area (Å²) < 4.78 is 0. The predicted octanol–water partition coefficient (Wildman–Crippen LogP) is 4.82. The van der Waals surface area contributed by atoms with Crippen LogP contribution in [0.5, 0.6) is 0 Å². The summed E-state index contributed by atoms with van der Waals surface area (Å²) >= 11 is 0. The number of anilines is 4. The van der Waals surface area contributed by atoms with Gasteiger partial charge < -0.3 is 20.9 Å². The lowest BCUT2D eigenvalue weighted by Crippen LogP contribution is -2.22. The molecular weight excluding hydrogens is 364 g/mol. The van der Waals surface area contributed by atoms with Crippen LogP contribution in [0.2, 0.25) is 0 Å². The number of nitrogens with one attached hydrogen (secondary N) is 3. The van der Waals surface area contributed by atoms with Crippen LogP contribution in [0.1, 0.15) is 10.4 Å². The van der Waals surface area contributed by atoms with Crippen molar-refractivity contribution in [1.29, 1.82) is 0 Å². The number of rotatable bonds is 7. The molecule has 0 bridgehead atoms. The number of amides is 2. The monoisotopic (exact) mass is 388 g/mol. The van der Waals surface area contributed by atoms with Crippen molar-refractivity contribution in [3.8, 4) is 0 Å². The van der Waals surface area contributed by atoms with Crippen LogP contribution in [0, 0.1) is 0 Å². The first-order valence-electron chi connectivity index (χ1n) is 9.28. The lowest BCUT2D eigenvalue weighted by atomic mass is 10.1. The molecule has 0 heterocycles. The summed E-state index contributed by atoms with van der Waals surface area (Å²) in [7, 11) is 3.68. The fourth-order valence-electron chi connectivity index (χ4n) is 2.77. The van der Waals surface area contributed by atoms with Crippen molar-refractivity contribution in [3.05, 3.63) is 84.4 Å². The van der Waals surface area contributed by atoms with Crippen molar-refractivity contribution >= 4 is 34.6 Å². The van der Waals surface area contributed by atoms with Gasteiger partial charge in [0.15, 0.2) is 5.78 Å². The van der Waals surface area contributed by atoms with Crippen LogP contribution in [-0.4, -0.2) is 37.4 Å². The lowest BCUT2D eigenvalue weighted by molar-refractivity contribution is 0.0958. The van der Waals surface area contributed by atoms with Gasteiger partial charge in [0.2, 0.25) is 0 Å². The third-order valence-electron chi connectivity index (χ3n) is 4.11. The van der Waals surface area contributed by atoms with Gasteiger partial charge in [0.05, 0.1) is 6.54 Å². The molecule has 0 aliphatic heterocycles. The minimum absolute atomic E-state index is 0.000521. The van der Waals surface area contributed by atoms with Crippen molar-refractivity contribution in [3.63, 3.8) is 0 Å². The Morgan fingerprint density at radius 1 is 0.724 bits per heavy atom. The second kappa shape index (κ2) is 9.52. The zero-order valence-electron chi connectivity index (χ0n) is 16.5. The van der Waals surface area contributed by atoms with E-state index in [0.29, 0.717) is 23.5 Å². The SMILES string of the molecule is CN(C)CC(=O)c1cccc(NC(=O)Nc2ccc(Nc3ccccc3)cc2)c1. The number of hydrogen-bond acceptors (Lipinski definition) is 4. The molecule has 3 rings (SSSR count). The van der Waals surface area contributed by atoms with E-state index in [1.807, 2.05) is 73.6 Å². The van der Waals surface area contributed by atoms with E-state index in [0.717, 1.165) is 11.4 Å². The molecule has 3 aromatic rings. The number of carbonyl (C=O) groups excluding carboxylic acids is 2. The smallest absolute Gasteiger partial charge is 0.323 e. The van der Waals surface area contributed by atoms with E-state index in [2.05, 4.69) is 16.0 Å². The van der Waals surface area contributed by atoms with Gasteiger partial charge in [-0.15, -0.1) is 0 Å². The van der Waals surface area contributed by atoms with Crippen molar-refractivity contribution < 1.29 is 9.59 Å². The molecule has 29 heavy (non-hydrogen) atoms. The normalized spacial score (nSPS) is 10.4. The van der Waals surface area contributed by atoms with Gasteiger partial charge in [-0.05, 0) is 62.6 Å². The van der Waals surface area contributed by atoms with Crippen molar-refractivity contribution in [2.45, 2.75) is 0 Å². The summed E-state index contributed by atoms with van der Waals surface area (Å²) in [4.78, 5) is 26.3. The molecule has 0 atom stereocenters. The molecule has 0 radical (unpaired) electrons. The first-order valence-corrected chi connectivity index (χ1v) is 9.28. The first-order chi connectivity index (χ1) is 14.0. The van der Waals surface area contributed by atoms with Crippen LogP contribution >= 0.6 is 0 Å². The lowest BCUT2D eigenvalue weighted by Gasteiger charge is -2.11. The molecule has 0 aliphatic rings. The maximum absolute atomic E-state index is 12.3. The Labute approximate surface area is 170 Å². The minimum Gasteiger partial charge on any atom is -0.356 e. The Morgan fingerprint density at radius 3 is 2.00 bits per heavy atom. The third-order valence-corrected chi connectivity index (χ3v) is 4.11. The maximum atomic E-state index is 12.3. The van der Waals surface area contributed by atoms with Gasteiger partial charge in [0.1, 0.15) is 0 Å². The average molecular weight is 388 g/mol. The Bertz CT molecular complexity index is 970. The molecule has 6 nitrogen and oxygen atoms in total. The molecule has 0 spiro atoms. The fourth-order valence-corrected chi connectivity index (χ4v) is 2.77. The molecule has 0 saturated carbocycles. The highest BCUT2D eigenvalue weighted by molar-refractivity contribution is 6.02. The molecule has 0 aliphatic carbocycles. The van der Waals surface area contributed by atoms with Gasteiger partial charge in [-0.2, -0.15) is 0 Å². The minimum atomic E-state index is -0.369. The number of benzene rings is 3. The average Bonchev–Trinajstić information content (AvgIpc) is 2.70. The van der Waals surface area contributed by atoms with Crippen molar-refractivity contribution in [2.24, 2.45) is 0 Å². The quantitative estimate of drug-likeness (QED) is 0.508. The Hall–Kier alpha value is -3.64. The summed E-state index contributed by atoms with van der Waals surface area (Å²) in [5, 5.41) is 8.84. The Balaban J connectivity index is 1.57. The number of para-hydroxylation sites is 1. The summed E-state index contributed by atoms with van der Waals surface area (Å²) in [5.41, 5.74) is 3.71. The Kier molecular flexibility index (Phi) is 6.60. The number of urea groups is 1. The topological polar surface area (TPSA) is 73.5 Å². The molecule has 0 aromatic heterocycles. The van der Waals surface area contributed by atoms with E-state index < -0.39 is 0 Å². The largest absolute Gasteiger partial charge is 0.356 e. The maximum Gasteiger partial charge on any atom is 0.323 e. The Morgan fingerprint density at radius 2 is 1.31 bits per heavy atom. The van der Waals surface area contributed by atoms with Crippen LogP contribution < -0.4 is 16.0 Å². The van der Waals surface area contributed by atoms with E-state index in [4.69, 9.17) is 0 Å². The molecule has 6 heteroatoms. The zero-order chi connectivity index (χ0) is 20.6. The van der Waals surface area contributed by atoms with Gasteiger partial charge in [-0.25, -0.2) is 4.79 Å². The number of carbonyl (C=O) groups is 2. The first kappa shape index (κ1) is 20.1. The molecule has 0 fully saturated rings. The number of hydrogen-bond donors (Lipinski definition) is 3. The van der Waals surface area contributed by atoms with E-state index in [1.54, 1.807) is 24.3 Å². The molecule has 0 unspecified atom stereocenters. The van der Waals surface area contributed by atoms with E-state index in [9.17, 15) is 9.59 Å². The summed E-state index contributed by atoms with van der Waals surface area (Å²) in [5.74, 6) is 0.000521. The standard InChI is InChI=1S/C23H24N4O2/c1-27(2)16-22(28)17-7-6-10-21(15-17)26-23(29)25-20-13-11-19(12-14-20)24-18-8-4-3-5-9-18/h3-15,24H,16H2,1-2H3,(H2,25,26,29). The van der Waals surface area contributed by atoms with Crippen molar-refractivity contribution in [2.75, 3.05) is 36.6 Å². The third kappa shape index (κ3) is 6.19. The highest BCUT2D eigenvalue weighted by Crippen LogP contribution is 2.19. The summed E-state index contributed by atoms with van der Waals surface area (Å²) in [6.45, 7) is 0.318. The van der Waals surface area contributed by atoms with Crippen LogP contribution in [0.15, 0.2) is 78.9 Å². The van der Waals surface area contributed by atoms with Gasteiger partial charge in [-0.3, -0.25) is 4.79 Å². The van der Waals surface area contributed by atoms with Crippen LogP contribution in [0.3, 0.4) is 0 Å². The molecule has 148 valence electrons. The summed E-state index contributed by atoms with van der Waals surface area (Å²) in [6, 6.07) is 23.8. The molecule has 3 aromatic carbocycles. The number of ketones is 1. The summed E-state index contributed by atoms with van der Waals surface area (Å²) in [6.07, 6.45) is 0. The second-order valence-electron chi connectivity index (χ2n) is 6.89. The van der Waals surface area contributed by atoms with E-state index >= 15 is 0 Å². The van der Waals surface area contributed by atoms with E-state index in [1.165, 1.54) is 0 Å². The predicted molar refractivity (Wildman–Crippen MR) is 118 cm³/mol. The highest BCUT2D eigenvalue weighted by Gasteiger charge is 2.09. The van der Waals surface area contributed by atoms with Crippen LogP contribution in [0.25, 0.3) is 0 Å². The molecule has 3 N–H and O–H groups in total. The van der Waals surface area contributed by atoms with Crippen molar-refractivity contribution in [1.82, 2.24) is 4.90 Å². The zero-order valence-corrected chi connectivity index (χ0v) is 16.5. The highest BCUT2D eigenvalue weighted by atomic mass is 16.2. The fraction of sp³-hybridized carbons (Fsp3) is 0.130. The van der Waals surface area contributed by atoms with Crippen LogP contribution in [0.4, 0.5) is 27.5 Å². The molecule has 0 saturated heterocycles. The van der Waals surface area contributed by atoms with Gasteiger partial charge in [-0.1, -0.05) is 30.3 Å². The molecular formula is C23H24N4O2. The van der Waals surface area contributed by atoms with Gasteiger partial charge in [0.25, 0.3) is 0 Å². The number of Topliss-reactive ketones (excluding diaryl/α,β-unsaturated/α-hetero) is 1. The molecule has 2 amide bonds. The second-order valence-corrected chi connectivity index (χ2v) is 6.89. The van der Waals surface area contributed by atoms with Gasteiger partial charge in [0, 0.05) is 28.3 Å².